The van der Waals surface area contributed by atoms with Gasteiger partial charge in [0.1, 0.15) is 0 Å². The molecule has 2 aromatic carbocycles. The predicted octanol–water partition coefficient (Wildman–Crippen LogP) is 2.55. The van der Waals surface area contributed by atoms with Crippen LogP contribution in [0.3, 0.4) is 0 Å². The van der Waals surface area contributed by atoms with Crippen molar-refractivity contribution in [3.05, 3.63) is 69.8 Å². The molecular weight excluding hydrogens is 296 g/mol. The summed E-state index contributed by atoms with van der Waals surface area (Å²) in [6.45, 7) is 0.411. The van der Waals surface area contributed by atoms with Gasteiger partial charge in [0, 0.05) is 36.3 Å². The molecule has 1 aliphatic heterocycles. The molecule has 0 aliphatic carbocycles. The third-order valence-electron chi connectivity index (χ3n) is 3.99. The van der Waals surface area contributed by atoms with Crippen molar-refractivity contribution in [3.63, 3.8) is 0 Å². The summed E-state index contributed by atoms with van der Waals surface area (Å²) in [5, 5.41) is 20.7. The fraction of sp³-hybridized carbons (Fsp3) is 0.235. The molecule has 3 rings (SSSR count). The fourth-order valence-corrected chi connectivity index (χ4v) is 2.79. The fourth-order valence-electron chi connectivity index (χ4n) is 2.79. The number of benzene rings is 2. The Balaban J connectivity index is 1.94. The highest BCUT2D eigenvalue weighted by Gasteiger charge is 2.25. The van der Waals surface area contributed by atoms with Gasteiger partial charge in [-0.3, -0.25) is 14.9 Å². The molecule has 0 saturated carbocycles. The summed E-state index contributed by atoms with van der Waals surface area (Å²) in [6.07, 6.45) is 0.527. The largest absolute Gasteiger partial charge is 0.393 e. The Morgan fingerprint density at radius 2 is 1.87 bits per heavy atom. The smallest absolute Gasteiger partial charge is 0.269 e. The highest BCUT2D eigenvalue weighted by Crippen LogP contribution is 2.28. The van der Waals surface area contributed by atoms with E-state index in [-0.39, 0.29) is 11.6 Å². The number of nitro groups is 1. The second kappa shape index (κ2) is 6.18. The molecule has 0 saturated heterocycles. The first-order valence-corrected chi connectivity index (χ1v) is 7.38. The van der Waals surface area contributed by atoms with Gasteiger partial charge in [0.05, 0.1) is 11.0 Å². The number of carbonyl (C=O) groups excluding carboxylic acids is 1. The van der Waals surface area contributed by atoms with E-state index in [0.717, 1.165) is 11.3 Å². The number of aliphatic hydroxyl groups excluding tert-OH is 1. The van der Waals surface area contributed by atoms with E-state index >= 15 is 0 Å². The number of non-ortho nitro benzene ring substituents is 1. The van der Waals surface area contributed by atoms with E-state index in [2.05, 4.69) is 0 Å². The third-order valence-corrected chi connectivity index (χ3v) is 3.99. The van der Waals surface area contributed by atoms with Gasteiger partial charge < -0.3 is 10.0 Å². The van der Waals surface area contributed by atoms with Crippen LogP contribution in [0.15, 0.2) is 48.5 Å². The first-order valence-electron chi connectivity index (χ1n) is 7.38. The van der Waals surface area contributed by atoms with Gasteiger partial charge in [0.25, 0.3) is 11.6 Å². The van der Waals surface area contributed by atoms with Gasteiger partial charge in [0.15, 0.2) is 0 Å². The monoisotopic (exact) mass is 312 g/mol. The molecule has 0 aromatic heterocycles. The van der Waals surface area contributed by atoms with Gasteiger partial charge in [-0.2, -0.15) is 0 Å². The summed E-state index contributed by atoms with van der Waals surface area (Å²) >= 11 is 0. The molecule has 1 atom stereocenters. The zero-order valence-electron chi connectivity index (χ0n) is 12.4. The molecule has 23 heavy (non-hydrogen) atoms. The molecular formula is C17H16N2O4. The average Bonchev–Trinajstić information content (AvgIpc) is 2.72. The number of fused-ring (bicyclic) bond motifs is 1. The number of nitro benzene ring substituents is 1. The lowest BCUT2D eigenvalue weighted by molar-refractivity contribution is -0.384. The standard InChI is InChI=1S/C17H16N2O4/c20-15-9-10-18(16-4-2-1-3-13(16)11-15)17(21)12-5-7-14(8-6-12)19(22)23/h1-8,15,20H,9-11H2. The number of carbonyl (C=O) groups is 1. The molecule has 6 nitrogen and oxygen atoms in total. The zero-order valence-corrected chi connectivity index (χ0v) is 12.4. The molecule has 0 radical (unpaired) electrons. The van der Waals surface area contributed by atoms with Gasteiger partial charge in [-0.15, -0.1) is 0 Å². The Morgan fingerprint density at radius 1 is 1.17 bits per heavy atom. The van der Waals surface area contributed by atoms with Gasteiger partial charge in [-0.05, 0) is 30.2 Å². The molecule has 0 bridgehead atoms. The summed E-state index contributed by atoms with van der Waals surface area (Å²) in [4.78, 5) is 24.6. The van der Waals surface area contributed by atoms with Crippen LogP contribution >= 0.6 is 0 Å². The molecule has 1 heterocycles. The van der Waals surface area contributed by atoms with Crippen molar-refractivity contribution >= 4 is 17.3 Å². The van der Waals surface area contributed by atoms with Crippen LogP contribution in [0.2, 0.25) is 0 Å². The molecule has 1 aliphatic rings. The second-order valence-corrected chi connectivity index (χ2v) is 5.54. The minimum atomic E-state index is -0.494. The van der Waals surface area contributed by atoms with Gasteiger partial charge in [-0.1, -0.05) is 18.2 Å². The van der Waals surface area contributed by atoms with Crippen molar-refractivity contribution in [3.8, 4) is 0 Å². The van der Waals surface area contributed by atoms with Crippen LogP contribution in [0.4, 0.5) is 11.4 Å². The van der Waals surface area contributed by atoms with Crippen LogP contribution in [0, 0.1) is 10.1 Å². The van der Waals surface area contributed by atoms with Gasteiger partial charge in [0.2, 0.25) is 0 Å². The number of aliphatic hydroxyl groups is 1. The lowest BCUT2D eigenvalue weighted by Crippen LogP contribution is -2.32. The van der Waals surface area contributed by atoms with Crippen molar-refractivity contribution in [1.82, 2.24) is 0 Å². The van der Waals surface area contributed by atoms with Crippen LogP contribution < -0.4 is 4.90 Å². The number of rotatable bonds is 2. The van der Waals surface area contributed by atoms with Crippen molar-refractivity contribution in [2.24, 2.45) is 0 Å². The normalized spacial score (nSPS) is 17.3. The summed E-state index contributed by atoms with van der Waals surface area (Å²) < 4.78 is 0. The van der Waals surface area contributed by atoms with E-state index in [1.165, 1.54) is 24.3 Å². The SMILES string of the molecule is O=C(c1ccc([N+](=O)[O-])cc1)N1CCC(O)Cc2ccccc21. The highest BCUT2D eigenvalue weighted by molar-refractivity contribution is 6.06. The minimum Gasteiger partial charge on any atom is -0.393 e. The number of anilines is 1. The van der Waals surface area contributed by atoms with Crippen molar-refractivity contribution < 1.29 is 14.8 Å². The number of para-hydroxylation sites is 1. The maximum absolute atomic E-state index is 12.8. The van der Waals surface area contributed by atoms with Crippen LogP contribution in [0.1, 0.15) is 22.3 Å². The zero-order chi connectivity index (χ0) is 16.4. The topological polar surface area (TPSA) is 83.7 Å². The number of nitrogens with zero attached hydrogens (tertiary/aromatic N) is 2. The Morgan fingerprint density at radius 3 is 2.57 bits per heavy atom. The Labute approximate surface area is 133 Å². The van der Waals surface area contributed by atoms with E-state index in [1.807, 2.05) is 24.3 Å². The Hall–Kier alpha value is -2.73. The molecule has 2 aromatic rings. The molecule has 0 fully saturated rings. The van der Waals surface area contributed by atoms with E-state index in [9.17, 15) is 20.0 Å². The molecule has 1 amide bonds. The predicted molar refractivity (Wildman–Crippen MR) is 85.5 cm³/mol. The molecule has 6 heteroatoms. The maximum Gasteiger partial charge on any atom is 0.269 e. The second-order valence-electron chi connectivity index (χ2n) is 5.54. The maximum atomic E-state index is 12.8. The first-order chi connectivity index (χ1) is 11.1. The summed E-state index contributed by atoms with van der Waals surface area (Å²) in [6, 6.07) is 13.1. The van der Waals surface area contributed by atoms with Crippen molar-refractivity contribution in [2.75, 3.05) is 11.4 Å². The average molecular weight is 312 g/mol. The molecule has 1 N–H and O–H groups in total. The van der Waals surface area contributed by atoms with Crippen LogP contribution in [-0.2, 0) is 6.42 Å². The third kappa shape index (κ3) is 3.07. The summed E-state index contributed by atoms with van der Waals surface area (Å²) in [5.41, 5.74) is 2.05. The number of amides is 1. The lowest BCUT2D eigenvalue weighted by atomic mass is 10.1. The van der Waals surface area contributed by atoms with Crippen molar-refractivity contribution in [1.29, 1.82) is 0 Å². The van der Waals surface area contributed by atoms with Crippen molar-refractivity contribution in [2.45, 2.75) is 18.9 Å². The van der Waals surface area contributed by atoms with Gasteiger partial charge >= 0.3 is 0 Å². The lowest BCUT2D eigenvalue weighted by Gasteiger charge is -2.22. The highest BCUT2D eigenvalue weighted by atomic mass is 16.6. The van der Waals surface area contributed by atoms with Crippen LogP contribution in [0.25, 0.3) is 0 Å². The molecule has 1 unspecified atom stereocenters. The number of hydrogen-bond donors (Lipinski definition) is 1. The quantitative estimate of drug-likeness (QED) is 0.682. The summed E-state index contributed by atoms with van der Waals surface area (Å²) in [5.74, 6) is -0.221. The number of hydrogen-bond acceptors (Lipinski definition) is 4. The van der Waals surface area contributed by atoms with Crippen LogP contribution in [-0.4, -0.2) is 28.6 Å². The van der Waals surface area contributed by atoms with E-state index < -0.39 is 11.0 Å². The van der Waals surface area contributed by atoms with E-state index in [0.29, 0.717) is 24.9 Å². The molecule has 0 spiro atoms. The van der Waals surface area contributed by atoms with Crippen LogP contribution in [0.5, 0.6) is 0 Å². The summed E-state index contributed by atoms with van der Waals surface area (Å²) in [7, 11) is 0. The van der Waals surface area contributed by atoms with E-state index in [4.69, 9.17) is 0 Å². The minimum absolute atomic E-state index is 0.0479. The van der Waals surface area contributed by atoms with E-state index in [1.54, 1.807) is 4.90 Å². The van der Waals surface area contributed by atoms with Gasteiger partial charge in [-0.25, -0.2) is 0 Å². The Bertz CT molecular complexity index is 743. The Kier molecular flexibility index (Phi) is 4.08. The first kappa shape index (κ1) is 15.2. The molecule has 118 valence electrons.